The van der Waals surface area contributed by atoms with Gasteiger partial charge in [-0.3, -0.25) is 9.59 Å². The molecule has 0 atom stereocenters. The van der Waals surface area contributed by atoms with Crippen LogP contribution in [0.1, 0.15) is 50.6 Å². The van der Waals surface area contributed by atoms with E-state index in [-0.39, 0.29) is 18.0 Å². The van der Waals surface area contributed by atoms with Gasteiger partial charge in [-0.05, 0) is 31.7 Å². The minimum atomic E-state index is -0.206. The van der Waals surface area contributed by atoms with Crippen molar-refractivity contribution < 1.29 is 4.79 Å². The zero-order valence-corrected chi connectivity index (χ0v) is 15.0. The van der Waals surface area contributed by atoms with Crippen molar-refractivity contribution in [3.8, 4) is 0 Å². The third-order valence-corrected chi connectivity index (χ3v) is 5.16. The Morgan fingerprint density at radius 1 is 1.12 bits per heavy atom. The smallest absolute Gasteiger partial charge is 0.275 e. The molecule has 0 spiro atoms. The van der Waals surface area contributed by atoms with Crippen LogP contribution >= 0.6 is 0 Å². The van der Waals surface area contributed by atoms with Crippen molar-refractivity contribution in [2.75, 3.05) is 6.54 Å². The van der Waals surface area contributed by atoms with E-state index in [0.717, 1.165) is 11.1 Å². The number of hydrogen-bond donors (Lipinski definition) is 1. The quantitative estimate of drug-likeness (QED) is 0.929. The fraction of sp³-hybridized carbons (Fsp3) is 0.550. The van der Waals surface area contributed by atoms with Crippen LogP contribution in [0.2, 0.25) is 0 Å². The molecule has 1 N–H and O–H groups in total. The Hall–Kier alpha value is -2.17. The highest BCUT2D eigenvalue weighted by Crippen LogP contribution is 2.21. The second kappa shape index (κ2) is 8.28. The minimum Gasteiger partial charge on any atom is -0.354 e. The molecule has 1 aromatic carbocycles. The maximum Gasteiger partial charge on any atom is 0.275 e. The molecular formula is C20H27N3O2. The van der Waals surface area contributed by atoms with Crippen molar-refractivity contribution in [2.45, 2.75) is 58.4 Å². The predicted molar refractivity (Wildman–Crippen MR) is 99.6 cm³/mol. The van der Waals surface area contributed by atoms with Crippen LogP contribution in [0.25, 0.3) is 10.8 Å². The van der Waals surface area contributed by atoms with Gasteiger partial charge < -0.3 is 5.32 Å². The maximum absolute atomic E-state index is 12.5. The molecule has 1 aliphatic rings. The molecule has 1 fully saturated rings. The highest BCUT2D eigenvalue weighted by molar-refractivity contribution is 5.83. The SMILES string of the molecule is Cc1nn(CC(=O)NCC2CCCCCCC2)c(=O)c2ccccc12. The first kappa shape index (κ1) is 17.6. The lowest BCUT2D eigenvalue weighted by Gasteiger charge is -2.20. The van der Waals surface area contributed by atoms with Crippen LogP contribution in [0.3, 0.4) is 0 Å². The number of carbonyl (C=O) groups is 1. The number of aryl methyl sites for hydroxylation is 1. The number of aromatic nitrogens is 2. The molecule has 1 aromatic heterocycles. The zero-order chi connectivity index (χ0) is 17.6. The summed E-state index contributed by atoms with van der Waals surface area (Å²) < 4.78 is 1.28. The average molecular weight is 341 g/mol. The molecule has 0 radical (unpaired) electrons. The second-order valence-electron chi connectivity index (χ2n) is 7.11. The highest BCUT2D eigenvalue weighted by Gasteiger charge is 2.14. The van der Waals surface area contributed by atoms with Crippen molar-refractivity contribution in [1.82, 2.24) is 15.1 Å². The summed E-state index contributed by atoms with van der Waals surface area (Å²) in [5, 5.41) is 8.77. The van der Waals surface area contributed by atoms with Gasteiger partial charge in [0.1, 0.15) is 6.54 Å². The van der Waals surface area contributed by atoms with Gasteiger partial charge in [-0.25, -0.2) is 4.68 Å². The third-order valence-electron chi connectivity index (χ3n) is 5.16. The van der Waals surface area contributed by atoms with Gasteiger partial charge in [0.15, 0.2) is 0 Å². The van der Waals surface area contributed by atoms with Crippen LogP contribution in [-0.4, -0.2) is 22.2 Å². The summed E-state index contributed by atoms with van der Waals surface area (Å²) in [5.41, 5.74) is 0.560. The number of nitrogens with one attached hydrogen (secondary N) is 1. The molecule has 25 heavy (non-hydrogen) atoms. The lowest BCUT2D eigenvalue weighted by Crippen LogP contribution is -2.36. The Balaban J connectivity index is 1.64. The van der Waals surface area contributed by atoms with E-state index in [2.05, 4.69) is 10.4 Å². The fourth-order valence-corrected chi connectivity index (χ4v) is 3.71. The topological polar surface area (TPSA) is 64.0 Å². The Kier molecular flexibility index (Phi) is 5.84. The van der Waals surface area contributed by atoms with E-state index in [1.54, 1.807) is 6.07 Å². The number of carbonyl (C=O) groups excluding carboxylic acids is 1. The van der Waals surface area contributed by atoms with E-state index in [1.807, 2.05) is 25.1 Å². The number of nitrogens with zero attached hydrogens (tertiary/aromatic N) is 2. The summed E-state index contributed by atoms with van der Waals surface area (Å²) in [6.45, 7) is 2.56. The summed E-state index contributed by atoms with van der Waals surface area (Å²) in [4.78, 5) is 24.8. The molecule has 0 aliphatic heterocycles. The van der Waals surface area contributed by atoms with E-state index < -0.39 is 0 Å². The minimum absolute atomic E-state index is 0.0166. The zero-order valence-electron chi connectivity index (χ0n) is 15.0. The van der Waals surface area contributed by atoms with E-state index >= 15 is 0 Å². The van der Waals surface area contributed by atoms with Crippen molar-refractivity contribution in [2.24, 2.45) is 5.92 Å². The van der Waals surface area contributed by atoms with Crippen LogP contribution in [0.15, 0.2) is 29.1 Å². The lowest BCUT2D eigenvalue weighted by molar-refractivity contribution is -0.122. The predicted octanol–water partition coefficient (Wildman–Crippen LogP) is 3.18. The summed E-state index contributed by atoms with van der Waals surface area (Å²) in [6, 6.07) is 7.40. The van der Waals surface area contributed by atoms with Gasteiger partial charge in [0, 0.05) is 11.9 Å². The van der Waals surface area contributed by atoms with Gasteiger partial charge in [-0.15, -0.1) is 0 Å². The van der Waals surface area contributed by atoms with Crippen LogP contribution < -0.4 is 10.9 Å². The van der Waals surface area contributed by atoms with E-state index in [1.165, 1.54) is 49.6 Å². The first-order chi connectivity index (χ1) is 12.1. The first-order valence-corrected chi connectivity index (χ1v) is 9.38. The van der Waals surface area contributed by atoms with Crippen LogP contribution in [0, 0.1) is 12.8 Å². The Morgan fingerprint density at radius 2 is 1.76 bits per heavy atom. The summed E-state index contributed by atoms with van der Waals surface area (Å²) in [6.07, 6.45) is 8.84. The van der Waals surface area contributed by atoms with Crippen LogP contribution in [0.4, 0.5) is 0 Å². The molecule has 5 heteroatoms. The Labute approximate surface area is 148 Å². The first-order valence-electron chi connectivity index (χ1n) is 9.38. The number of hydrogen-bond acceptors (Lipinski definition) is 3. The molecule has 3 rings (SSSR count). The van der Waals surface area contributed by atoms with Crippen molar-refractivity contribution >= 4 is 16.7 Å². The second-order valence-corrected chi connectivity index (χ2v) is 7.11. The fourth-order valence-electron chi connectivity index (χ4n) is 3.71. The lowest BCUT2D eigenvalue weighted by atomic mass is 9.91. The molecule has 134 valence electrons. The van der Waals surface area contributed by atoms with Crippen molar-refractivity contribution in [1.29, 1.82) is 0 Å². The monoisotopic (exact) mass is 341 g/mol. The van der Waals surface area contributed by atoms with Gasteiger partial charge in [-0.2, -0.15) is 5.10 Å². The number of benzene rings is 1. The van der Waals surface area contributed by atoms with Gasteiger partial charge in [-0.1, -0.05) is 50.3 Å². The van der Waals surface area contributed by atoms with Crippen molar-refractivity contribution in [3.05, 3.63) is 40.3 Å². The molecule has 1 amide bonds. The van der Waals surface area contributed by atoms with E-state index in [0.29, 0.717) is 17.8 Å². The molecule has 1 saturated carbocycles. The van der Waals surface area contributed by atoms with E-state index in [4.69, 9.17) is 0 Å². The molecule has 1 aliphatic carbocycles. The molecule has 0 bridgehead atoms. The van der Waals surface area contributed by atoms with Gasteiger partial charge >= 0.3 is 0 Å². The summed E-state index contributed by atoms with van der Waals surface area (Å²) in [5.74, 6) is 0.429. The van der Waals surface area contributed by atoms with Crippen LogP contribution in [-0.2, 0) is 11.3 Å². The summed E-state index contributed by atoms with van der Waals surface area (Å²) in [7, 11) is 0. The normalized spacial score (nSPS) is 16.4. The molecule has 0 unspecified atom stereocenters. The van der Waals surface area contributed by atoms with Crippen molar-refractivity contribution in [3.63, 3.8) is 0 Å². The van der Waals surface area contributed by atoms with Gasteiger partial charge in [0.05, 0.1) is 11.1 Å². The molecule has 0 saturated heterocycles. The van der Waals surface area contributed by atoms with Gasteiger partial charge in [0.25, 0.3) is 5.56 Å². The number of amides is 1. The highest BCUT2D eigenvalue weighted by atomic mass is 16.2. The maximum atomic E-state index is 12.5. The molecule has 1 heterocycles. The number of rotatable bonds is 4. The van der Waals surface area contributed by atoms with Gasteiger partial charge in [0.2, 0.25) is 5.91 Å². The largest absolute Gasteiger partial charge is 0.354 e. The molecular weight excluding hydrogens is 314 g/mol. The Bertz CT molecular complexity index is 789. The number of fused-ring (bicyclic) bond motifs is 1. The summed E-state index contributed by atoms with van der Waals surface area (Å²) >= 11 is 0. The standard InChI is InChI=1S/C20H27N3O2/c1-15-17-11-7-8-12-18(17)20(25)23(22-15)14-19(24)21-13-16-9-5-3-2-4-6-10-16/h7-8,11-12,16H,2-6,9-10,13-14H2,1H3,(H,21,24). The molecule has 2 aromatic rings. The third kappa shape index (κ3) is 4.47. The van der Waals surface area contributed by atoms with Crippen LogP contribution in [0.5, 0.6) is 0 Å². The molecule has 5 nitrogen and oxygen atoms in total. The Morgan fingerprint density at radius 3 is 2.48 bits per heavy atom. The average Bonchev–Trinajstić information content (AvgIpc) is 2.58. The van der Waals surface area contributed by atoms with E-state index in [9.17, 15) is 9.59 Å².